The summed E-state index contributed by atoms with van der Waals surface area (Å²) in [6.45, 7) is 0. The average molecular weight is 250 g/mol. The number of aromatic carboxylic acids is 1. The first kappa shape index (κ1) is 11.1. The molecule has 1 aliphatic heterocycles. The van der Waals surface area contributed by atoms with Crippen molar-refractivity contribution in [3.05, 3.63) is 12.0 Å². The van der Waals surface area contributed by atoms with Gasteiger partial charge in [-0.3, -0.25) is 4.79 Å². The van der Waals surface area contributed by atoms with Gasteiger partial charge in [-0.1, -0.05) is 19.3 Å². The van der Waals surface area contributed by atoms with Crippen LogP contribution in [0.25, 0.3) is 0 Å². The zero-order chi connectivity index (χ0) is 12.8. The first-order valence-electron chi connectivity index (χ1n) is 6.07. The van der Waals surface area contributed by atoms with Gasteiger partial charge in [0.15, 0.2) is 0 Å². The van der Waals surface area contributed by atoms with Gasteiger partial charge >= 0.3 is 5.97 Å². The summed E-state index contributed by atoms with van der Waals surface area (Å²) in [4.78, 5) is 23.1. The van der Waals surface area contributed by atoms with Gasteiger partial charge in [0.1, 0.15) is 17.5 Å². The van der Waals surface area contributed by atoms with Crippen LogP contribution >= 0.6 is 0 Å². The molecule has 6 nitrogen and oxygen atoms in total. The van der Waals surface area contributed by atoms with Crippen LogP contribution < -0.4 is 10.6 Å². The topological polar surface area (TPSA) is 91.6 Å². The summed E-state index contributed by atoms with van der Waals surface area (Å²) in [5.41, 5.74) is 0.211. The Bertz CT molecular complexity index is 514. The van der Waals surface area contributed by atoms with Crippen LogP contribution in [0.2, 0.25) is 0 Å². The summed E-state index contributed by atoms with van der Waals surface area (Å²) in [7, 11) is 0. The molecule has 3 N–H and O–H groups in total. The van der Waals surface area contributed by atoms with Gasteiger partial charge in [0.05, 0.1) is 5.69 Å². The van der Waals surface area contributed by atoms with Gasteiger partial charge in [0.25, 0.3) is 0 Å². The van der Waals surface area contributed by atoms with Gasteiger partial charge in [-0.25, -0.2) is 4.79 Å². The van der Waals surface area contributed by atoms with Crippen molar-refractivity contribution < 1.29 is 19.1 Å². The fraction of sp³-hybridized carbons (Fsp3) is 0.500. The molecule has 0 radical (unpaired) electrons. The van der Waals surface area contributed by atoms with Crippen molar-refractivity contribution >= 4 is 23.3 Å². The smallest absolute Gasteiger partial charge is 0.374 e. The van der Waals surface area contributed by atoms with Crippen LogP contribution in [0.4, 0.5) is 11.4 Å². The lowest BCUT2D eigenvalue weighted by Gasteiger charge is -2.39. The second kappa shape index (κ2) is 3.76. The van der Waals surface area contributed by atoms with Gasteiger partial charge in [0, 0.05) is 0 Å². The van der Waals surface area contributed by atoms with Gasteiger partial charge in [-0.2, -0.15) is 0 Å². The lowest BCUT2D eigenvalue weighted by atomic mass is 9.79. The Morgan fingerprint density at radius 2 is 2.06 bits per heavy atom. The number of hydrogen-bond acceptors (Lipinski definition) is 4. The molecule has 6 heteroatoms. The minimum atomic E-state index is -1.18. The molecule has 1 amide bonds. The molecule has 1 spiro atoms. The molecule has 1 aliphatic carbocycles. The van der Waals surface area contributed by atoms with Gasteiger partial charge in [0.2, 0.25) is 11.7 Å². The highest BCUT2D eigenvalue weighted by Crippen LogP contribution is 2.41. The Balaban J connectivity index is 1.97. The maximum atomic E-state index is 12.2. The number of rotatable bonds is 1. The molecule has 0 unspecified atom stereocenters. The summed E-state index contributed by atoms with van der Waals surface area (Å²) >= 11 is 0. The standard InChI is InChI=1S/C12H14N2O4/c15-10(16)9-8-7(6-18-9)14-12(11(17)13-8)4-2-1-3-5-12/h6,14H,1-5H2,(H,13,17)(H,15,16). The quantitative estimate of drug-likeness (QED) is 0.709. The Labute approximate surface area is 103 Å². The predicted octanol–water partition coefficient (Wildman–Crippen LogP) is 2.04. The molecule has 18 heavy (non-hydrogen) atoms. The molecule has 0 saturated heterocycles. The SMILES string of the molecule is O=C(O)c1occ2c1NC(=O)C1(CCCCC1)N2. The Morgan fingerprint density at radius 1 is 1.33 bits per heavy atom. The summed E-state index contributed by atoms with van der Waals surface area (Å²) in [6, 6.07) is 0. The van der Waals surface area contributed by atoms with Crippen LogP contribution in [0.3, 0.4) is 0 Å². The molecule has 1 aromatic rings. The Kier molecular flexibility index (Phi) is 2.33. The van der Waals surface area contributed by atoms with Crippen LogP contribution in [0.1, 0.15) is 42.7 Å². The normalized spacial score (nSPS) is 21.0. The average Bonchev–Trinajstić information content (AvgIpc) is 2.74. The van der Waals surface area contributed by atoms with E-state index < -0.39 is 11.5 Å². The number of amides is 1. The molecular weight excluding hydrogens is 236 g/mol. The van der Waals surface area contributed by atoms with E-state index in [0.29, 0.717) is 5.69 Å². The highest BCUT2D eigenvalue weighted by Gasteiger charge is 2.44. The maximum absolute atomic E-state index is 12.2. The van der Waals surface area contributed by atoms with Crippen molar-refractivity contribution in [1.82, 2.24) is 0 Å². The number of nitrogens with one attached hydrogen (secondary N) is 2. The molecule has 2 heterocycles. The molecule has 0 atom stereocenters. The van der Waals surface area contributed by atoms with Crippen LogP contribution in [0.15, 0.2) is 10.7 Å². The van der Waals surface area contributed by atoms with Gasteiger partial charge in [-0.15, -0.1) is 0 Å². The van der Waals surface area contributed by atoms with E-state index in [1.807, 2.05) is 0 Å². The maximum Gasteiger partial charge on any atom is 0.374 e. The van der Waals surface area contributed by atoms with Crippen molar-refractivity contribution in [2.75, 3.05) is 10.6 Å². The number of carbonyl (C=O) groups is 2. The summed E-state index contributed by atoms with van der Waals surface area (Å²) < 4.78 is 4.98. The molecule has 0 bridgehead atoms. The number of carboxylic acid groups (broad SMARTS) is 1. The zero-order valence-corrected chi connectivity index (χ0v) is 9.78. The lowest BCUT2D eigenvalue weighted by molar-refractivity contribution is -0.121. The second-order valence-electron chi connectivity index (χ2n) is 4.88. The number of furan rings is 1. The molecule has 0 aromatic carbocycles. The van der Waals surface area contributed by atoms with Crippen molar-refractivity contribution in [2.24, 2.45) is 0 Å². The third-order valence-electron chi connectivity index (χ3n) is 3.74. The molecule has 96 valence electrons. The van der Waals surface area contributed by atoms with Crippen molar-refractivity contribution in [1.29, 1.82) is 0 Å². The first-order valence-corrected chi connectivity index (χ1v) is 6.07. The monoisotopic (exact) mass is 250 g/mol. The molecule has 1 saturated carbocycles. The lowest BCUT2D eigenvalue weighted by Crippen LogP contribution is -2.53. The molecular formula is C12H14N2O4. The molecule has 2 aliphatic rings. The summed E-state index contributed by atoms with van der Waals surface area (Å²) in [5, 5.41) is 14.8. The van der Waals surface area contributed by atoms with E-state index in [1.54, 1.807) is 0 Å². The predicted molar refractivity (Wildman–Crippen MR) is 63.7 cm³/mol. The van der Waals surface area contributed by atoms with E-state index in [9.17, 15) is 9.59 Å². The molecule has 1 fully saturated rings. The minimum absolute atomic E-state index is 0.154. The first-order chi connectivity index (χ1) is 8.62. The van der Waals surface area contributed by atoms with Crippen molar-refractivity contribution in [3.63, 3.8) is 0 Å². The van der Waals surface area contributed by atoms with Gasteiger partial charge in [-0.05, 0) is 12.8 Å². The van der Waals surface area contributed by atoms with E-state index in [0.717, 1.165) is 32.1 Å². The van der Waals surface area contributed by atoms with E-state index in [-0.39, 0.29) is 17.4 Å². The second-order valence-corrected chi connectivity index (χ2v) is 4.88. The van der Waals surface area contributed by atoms with Crippen LogP contribution in [-0.2, 0) is 4.79 Å². The van der Waals surface area contributed by atoms with E-state index in [4.69, 9.17) is 9.52 Å². The number of carbonyl (C=O) groups excluding carboxylic acids is 1. The van der Waals surface area contributed by atoms with E-state index in [2.05, 4.69) is 10.6 Å². The summed E-state index contributed by atoms with van der Waals surface area (Å²) in [6.07, 6.45) is 6.03. The highest BCUT2D eigenvalue weighted by atomic mass is 16.4. The van der Waals surface area contributed by atoms with Crippen LogP contribution in [0.5, 0.6) is 0 Å². The highest BCUT2D eigenvalue weighted by molar-refractivity contribution is 6.10. The van der Waals surface area contributed by atoms with Crippen LogP contribution in [-0.4, -0.2) is 22.5 Å². The Hall–Kier alpha value is -1.98. The summed E-state index contributed by atoms with van der Waals surface area (Å²) in [5.74, 6) is -1.56. The zero-order valence-electron chi connectivity index (χ0n) is 9.78. The van der Waals surface area contributed by atoms with Crippen molar-refractivity contribution in [2.45, 2.75) is 37.6 Å². The van der Waals surface area contributed by atoms with Gasteiger partial charge < -0.3 is 20.2 Å². The fourth-order valence-corrected chi connectivity index (χ4v) is 2.79. The molecule has 1 aromatic heterocycles. The third kappa shape index (κ3) is 1.48. The largest absolute Gasteiger partial charge is 0.475 e. The van der Waals surface area contributed by atoms with Crippen molar-refractivity contribution in [3.8, 4) is 0 Å². The number of hydrogen-bond donors (Lipinski definition) is 3. The number of anilines is 2. The van der Waals surface area contributed by atoms with E-state index in [1.165, 1.54) is 6.26 Å². The third-order valence-corrected chi connectivity index (χ3v) is 3.74. The van der Waals surface area contributed by atoms with E-state index >= 15 is 0 Å². The fourth-order valence-electron chi connectivity index (χ4n) is 2.79. The number of carboxylic acids is 1. The number of fused-ring (bicyclic) bond motifs is 1. The van der Waals surface area contributed by atoms with Crippen LogP contribution in [0, 0.1) is 0 Å². The Morgan fingerprint density at radius 3 is 2.72 bits per heavy atom. The molecule has 3 rings (SSSR count). The minimum Gasteiger partial charge on any atom is -0.475 e.